The molecular weight excluding hydrogens is 359 g/mol. The Kier molecular flexibility index (Phi) is 6.32. The largest absolute Gasteiger partial charge is 0.481 e. The van der Waals surface area contributed by atoms with Crippen LogP contribution in [0.4, 0.5) is 0 Å². The Hall–Kier alpha value is -1.63. The average molecular weight is 386 g/mol. The molecule has 26 heavy (non-hydrogen) atoms. The number of hydrogen-bond donors (Lipinski definition) is 1. The normalized spacial score (nSPS) is 21.0. The van der Waals surface area contributed by atoms with E-state index in [2.05, 4.69) is 4.98 Å². The highest BCUT2D eigenvalue weighted by Crippen LogP contribution is 2.60. The van der Waals surface area contributed by atoms with Crippen LogP contribution in [0, 0.1) is 6.92 Å². The van der Waals surface area contributed by atoms with E-state index in [-0.39, 0.29) is 23.8 Å². The molecule has 0 amide bonds. The first-order chi connectivity index (χ1) is 12.0. The van der Waals surface area contributed by atoms with Crippen LogP contribution < -0.4 is 11.2 Å². The summed E-state index contributed by atoms with van der Waals surface area (Å²) in [6.45, 7) is 10.5. The van der Waals surface area contributed by atoms with E-state index in [1.807, 2.05) is 0 Å². The molecule has 9 heteroatoms. The standard InChI is InChI=1S/C17H27N2O6P/c1-10(2)24-26(22,25-11(3)4)15-8-7-14(13(6)23-15)19-9-12(5)16(20)18-17(19)21/h8-11,13-14H,7H2,1-6H3,(H,18,20,21)/t13-,14-/m0/s1. The monoisotopic (exact) mass is 386 g/mol. The van der Waals surface area contributed by atoms with E-state index in [9.17, 15) is 14.2 Å². The number of H-pyrrole nitrogens is 1. The summed E-state index contributed by atoms with van der Waals surface area (Å²) in [7, 11) is -3.60. The molecule has 0 fully saturated rings. The summed E-state index contributed by atoms with van der Waals surface area (Å²) in [6.07, 6.45) is 2.48. The Labute approximate surface area is 152 Å². The zero-order valence-corrected chi connectivity index (χ0v) is 16.9. The lowest BCUT2D eigenvalue weighted by Gasteiger charge is -2.34. The molecule has 0 saturated carbocycles. The number of allylic oxidation sites excluding steroid dienone is 1. The Balaban J connectivity index is 2.35. The Morgan fingerprint density at radius 2 is 1.81 bits per heavy atom. The van der Waals surface area contributed by atoms with Gasteiger partial charge >= 0.3 is 13.3 Å². The number of rotatable bonds is 6. The highest BCUT2D eigenvalue weighted by Gasteiger charge is 2.39. The van der Waals surface area contributed by atoms with Gasteiger partial charge in [0.1, 0.15) is 6.10 Å². The second-order valence-corrected chi connectivity index (χ2v) is 8.81. The average Bonchev–Trinajstić information content (AvgIpc) is 2.49. The number of hydrogen-bond acceptors (Lipinski definition) is 6. The van der Waals surface area contributed by atoms with Gasteiger partial charge in [0.25, 0.3) is 5.56 Å². The number of nitrogens with zero attached hydrogens (tertiary/aromatic N) is 1. The van der Waals surface area contributed by atoms with Gasteiger partial charge in [-0.15, -0.1) is 0 Å². The van der Waals surface area contributed by atoms with Crippen LogP contribution >= 0.6 is 7.60 Å². The SMILES string of the molecule is Cc1cn([C@H]2CC=C(P(=O)(OC(C)C)OC(C)C)O[C@H]2C)c(=O)[nH]c1=O. The maximum atomic E-state index is 13.2. The maximum Gasteiger partial charge on any atom is 0.395 e. The van der Waals surface area contributed by atoms with Gasteiger partial charge in [0, 0.05) is 11.8 Å². The Morgan fingerprint density at radius 3 is 2.31 bits per heavy atom. The fraction of sp³-hybridized carbons (Fsp3) is 0.647. The molecule has 1 aromatic rings. The minimum absolute atomic E-state index is 0.165. The number of aromatic amines is 1. The maximum absolute atomic E-state index is 13.2. The molecule has 0 aromatic carbocycles. The van der Waals surface area contributed by atoms with Crippen LogP contribution in [0.1, 0.15) is 52.6 Å². The number of aromatic nitrogens is 2. The lowest BCUT2D eigenvalue weighted by molar-refractivity contribution is 0.0599. The first kappa shape index (κ1) is 20.7. The van der Waals surface area contributed by atoms with Crippen molar-refractivity contribution < 1.29 is 18.3 Å². The molecule has 0 bridgehead atoms. The van der Waals surface area contributed by atoms with Crippen molar-refractivity contribution in [2.45, 2.75) is 72.3 Å². The molecule has 2 atom stereocenters. The van der Waals surface area contributed by atoms with E-state index < -0.39 is 24.9 Å². The molecular formula is C17H27N2O6P. The van der Waals surface area contributed by atoms with Crippen molar-refractivity contribution in [3.05, 3.63) is 44.2 Å². The molecule has 0 aliphatic carbocycles. The summed E-state index contributed by atoms with van der Waals surface area (Å²) in [5, 5.41) is 0. The third kappa shape index (κ3) is 4.55. The van der Waals surface area contributed by atoms with Gasteiger partial charge < -0.3 is 13.8 Å². The van der Waals surface area contributed by atoms with Gasteiger partial charge in [-0.2, -0.15) is 0 Å². The van der Waals surface area contributed by atoms with Gasteiger partial charge in [-0.1, -0.05) is 0 Å². The van der Waals surface area contributed by atoms with Gasteiger partial charge in [-0.3, -0.25) is 18.9 Å². The van der Waals surface area contributed by atoms with Crippen molar-refractivity contribution in [1.29, 1.82) is 0 Å². The van der Waals surface area contributed by atoms with Crippen molar-refractivity contribution in [2.75, 3.05) is 0 Å². The predicted octanol–water partition coefficient (Wildman–Crippen LogP) is 3.08. The van der Waals surface area contributed by atoms with E-state index >= 15 is 0 Å². The summed E-state index contributed by atoms with van der Waals surface area (Å²) in [4.78, 5) is 26.0. The first-order valence-electron chi connectivity index (χ1n) is 8.69. The summed E-state index contributed by atoms with van der Waals surface area (Å²) in [5.74, 6) is 0. The van der Waals surface area contributed by atoms with E-state index in [0.717, 1.165) is 0 Å². The summed E-state index contributed by atoms with van der Waals surface area (Å²) in [6, 6.07) is -0.339. The summed E-state index contributed by atoms with van der Waals surface area (Å²) < 4.78 is 31.6. The van der Waals surface area contributed by atoms with Crippen LogP contribution in [-0.4, -0.2) is 27.9 Å². The molecule has 2 rings (SSSR count). The molecule has 8 nitrogen and oxygen atoms in total. The molecule has 0 unspecified atom stereocenters. The lowest BCUT2D eigenvalue weighted by Crippen LogP contribution is -2.38. The molecule has 1 aromatic heterocycles. The zero-order chi connectivity index (χ0) is 19.6. The van der Waals surface area contributed by atoms with E-state index in [0.29, 0.717) is 12.0 Å². The van der Waals surface area contributed by atoms with Crippen LogP contribution in [0.15, 0.2) is 27.4 Å². The first-order valence-corrected chi connectivity index (χ1v) is 10.2. The van der Waals surface area contributed by atoms with Crippen molar-refractivity contribution in [1.82, 2.24) is 9.55 Å². The van der Waals surface area contributed by atoms with Gasteiger partial charge in [0.15, 0.2) is 0 Å². The minimum Gasteiger partial charge on any atom is -0.481 e. The van der Waals surface area contributed by atoms with Crippen LogP contribution in [0.2, 0.25) is 0 Å². The van der Waals surface area contributed by atoms with Crippen molar-refractivity contribution in [3.63, 3.8) is 0 Å². The van der Waals surface area contributed by atoms with Gasteiger partial charge in [-0.25, -0.2) is 4.79 Å². The highest BCUT2D eigenvalue weighted by atomic mass is 31.2. The van der Waals surface area contributed by atoms with Gasteiger partial charge in [0.05, 0.1) is 18.2 Å². The van der Waals surface area contributed by atoms with E-state index in [4.69, 9.17) is 13.8 Å². The summed E-state index contributed by atoms with van der Waals surface area (Å²) >= 11 is 0. The third-order valence-corrected chi connectivity index (χ3v) is 6.08. The van der Waals surface area contributed by atoms with Crippen LogP contribution in [0.25, 0.3) is 0 Å². The molecule has 1 N–H and O–H groups in total. The number of ether oxygens (including phenoxy) is 1. The smallest absolute Gasteiger partial charge is 0.395 e. The Morgan fingerprint density at radius 1 is 1.23 bits per heavy atom. The second-order valence-electron chi connectivity index (χ2n) is 6.95. The Bertz CT molecular complexity index is 824. The molecule has 1 aliphatic heterocycles. The van der Waals surface area contributed by atoms with Gasteiger partial charge in [0.2, 0.25) is 5.50 Å². The van der Waals surface area contributed by atoms with Gasteiger partial charge in [-0.05, 0) is 54.0 Å². The highest BCUT2D eigenvalue weighted by molar-refractivity contribution is 7.58. The van der Waals surface area contributed by atoms with E-state index in [1.54, 1.807) is 47.6 Å². The fourth-order valence-corrected chi connectivity index (χ4v) is 4.75. The van der Waals surface area contributed by atoms with Crippen LogP contribution in [-0.2, 0) is 18.3 Å². The molecule has 0 saturated heterocycles. The number of nitrogens with one attached hydrogen (secondary N) is 1. The second kappa shape index (κ2) is 7.94. The van der Waals surface area contributed by atoms with Crippen molar-refractivity contribution >= 4 is 7.60 Å². The molecule has 146 valence electrons. The quantitative estimate of drug-likeness (QED) is 0.754. The fourth-order valence-electron chi connectivity index (χ4n) is 2.76. The number of aryl methyl sites for hydroxylation is 1. The van der Waals surface area contributed by atoms with Crippen LogP contribution in [0.5, 0.6) is 0 Å². The van der Waals surface area contributed by atoms with Crippen molar-refractivity contribution in [3.8, 4) is 0 Å². The predicted molar refractivity (Wildman–Crippen MR) is 98.4 cm³/mol. The molecule has 0 radical (unpaired) electrons. The third-order valence-electron chi connectivity index (χ3n) is 3.85. The topological polar surface area (TPSA) is 99.6 Å². The van der Waals surface area contributed by atoms with E-state index in [1.165, 1.54) is 10.8 Å². The van der Waals surface area contributed by atoms with Crippen LogP contribution in [0.3, 0.4) is 0 Å². The minimum atomic E-state index is -3.60. The molecule has 1 aliphatic rings. The molecule has 0 spiro atoms. The zero-order valence-electron chi connectivity index (χ0n) is 16.0. The summed E-state index contributed by atoms with van der Waals surface area (Å²) in [5.41, 5.74) is -0.314. The molecule has 2 heterocycles. The van der Waals surface area contributed by atoms with Crippen molar-refractivity contribution in [2.24, 2.45) is 0 Å². The lowest BCUT2D eigenvalue weighted by atomic mass is 10.1.